The third kappa shape index (κ3) is 4.62. The molecule has 0 spiro atoms. The molecule has 0 aromatic carbocycles. The average molecular weight is 319 g/mol. The quantitative estimate of drug-likeness (QED) is 0.855. The van der Waals surface area contributed by atoms with Crippen molar-refractivity contribution in [2.75, 3.05) is 51.3 Å². The predicted molar refractivity (Wildman–Crippen MR) is 92.0 cm³/mol. The van der Waals surface area contributed by atoms with Crippen molar-refractivity contribution in [1.29, 1.82) is 0 Å². The van der Waals surface area contributed by atoms with Crippen LogP contribution in [0.4, 0.5) is 5.82 Å². The first kappa shape index (κ1) is 16.6. The fourth-order valence-corrected chi connectivity index (χ4v) is 3.41. The van der Waals surface area contributed by atoms with E-state index in [0.717, 1.165) is 57.6 Å². The van der Waals surface area contributed by atoms with Gasteiger partial charge < -0.3 is 15.4 Å². The Morgan fingerprint density at radius 2 is 2.04 bits per heavy atom. The van der Waals surface area contributed by atoms with E-state index in [4.69, 9.17) is 4.74 Å². The summed E-state index contributed by atoms with van der Waals surface area (Å²) in [5.41, 5.74) is 1.19. The lowest BCUT2D eigenvalue weighted by Crippen LogP contribution is -2.45. The van der Waals surface area contributed by atoms with Crippen molar-refractivity contribution in [2.24, 2.45) is 0 Å². The number of aryl methyl sites for hydroxylation is 1. The smallest absolute Gasteiger partial charge is 0.129 e. The Morgan fingerprint density at radius 1 is 1.30 bits per heavy atom. The van der Waals surface area contributed by atoms with Crippen molar-refractivity contribution in [1.82, 2.24) is 20.2 Å². The highest BCUT2D eigenvalue weighted by atomic mass is 16.5. The maximum absolute atomic E-state index is 5.42. The first-order chi connectivity index (χ1) is 11.2. The molecule has 2 aliphatic rings. The molecule has 6 nitrogen and oxygen atoms in total. The van der Waals surface area contributed by atoms with Crippen LogP contribution in [0, 0.1) is 6.92 Å². The summed E-state index contributed by atoms with van der Waals surface area (Å²) in [4.78, 5) is 11.7. The molecular formula is C17H29N5O. The van der Waals surface area contributed by atoms with E-state index in [1.165, 1.54) is 18.5 Å². The molecule has 2 fully saturated rings. The standard InChI is InChI=1S/C17H29N5O/c1-13(22-7-9-23-10-8-22)12-19-17-11-16(20-14(2)21-17)15-3-5-18-6-4-15/h11,13,15,18H,3-10,12H2,1-2H3,(H,19,20,21). The number of hydrogen-bond acceptors (Lipinski definition) is 6. The molecule has 1 unspecified atom stereocenters. The van der Waals surface area contributed by atoms with Crippen LogP contribution in [0.5, 0.6) is 0 Å². The van der Waals surface area contributed by atoms with E-state index in [9.17, 15) is 0 Å². The largest absolute Gasteiger partial charge is 0.379 e. The van der Waals surface area contributed by atoms with Gasteiger partial charge in [-0.3, -0.25) is 4.90 Å². The normalized spacial score (nSPS) is 22.0. The number of rotatable bonds is 5. The van der Waals surface area contributed by atoms with Crippen LogP contribution in [0.3, 0.4) is 0 Å². The van der Waals surface area contributed by atoms with Gasteiger partial charge in [0.25, 0.3) is 0 Å². The minimum Gasteiger partial charge on any atom is -0.379 e. The number of ether oxygens (including phenoxy) is 1. The van der Waals surface area contributed by atoms with Gasteiger partial charge in [-0.05, 0) is 39.8 Å². The highest BCUT2D eigenvalue weighted by Crippen LogP contribution is 2.25. The number of piperidine rings is 1. The Labute approximate surface area is 139 Å². The summed E-state index contributed by atoms with van der Waals surface area (Å²) in [7, 11) is 0. The summed E-state index contributed by atoms with van der Waals surface area (Å²) in [6.45, 7) is 11.1. The molecule has 0 aliphatic carbocycles. The summed E-state index contributed by atoms with van der Waals surface area (Å²) in [6, 6.07) is 2.63. The minimum absolute atomic E-state index is 0.483. The lowest BCUT2D eigenvalue weighted by Gasteiger charge is -2.32. The van der Waals surface area contributed by atoms with E-state index in [2.05, 4.69) is 38.5 Å². The third-order valence-corrected chi connectivity index (χ3v) is 4.86. The van der Waals surface area contributed by atoms with Gasteiger partial charge in [0.15, 0.2) is 0 Å². The molecule has 2 N–H and O–H groups in total. The van der Waals surface area contributed by atoms with Gasteiger partial charge in [-0.2, -0.15) is 0 Å². The van der Waals surface area contributed by atoms with E-state index < -0.39 is 0 Å². The van der Waals surface area contributed by atoms with Gasteiger partial charge in [-0.15, -0.1) is 0 Å². The lowest BCUT2D eigenvalue weighted by atomic mass is 9.94. The molecule has 6 heteroatoms. The minimum atomic E-state index is 0.483. The first-order valence-electron chi connectivity index (χ1n) is 8.84. The summed E-state index contributed by atoms with van der Waals surface area (Å²) in [5, 5.41) is 6.93. The topological polar surface area (TPSA) is 62.3 Å². The fraction of sp³-hybridized carbons (Fsp3) is 0.765. The average Bonchev–Trinajstić information content (AvgIpc) is 2.61. The molecule has 23 heavy (non-hydrogen) atoms. The molecule has 1 atom stereocenters. The summed E-state index contributed by atoms with van der Waals surface area (Å²) in [5.74, 6) is 2.39. The molecule has 0 saturated carbocycles. The van der Waals surface area contributed by atoms with Crippen molar-refractivity contribution >= 4 is 5.82 Å². The SMILES string of the molecule is Cc1nc(NCC(C)N2CCOCC2)cc(C2CCNCC2)n1. The van der Waals surface area contributed by atoms with E-state index in [-0.39, 0.29) is 0 Å². The van der Waals surface area contributed by atoms with Crippen LogP contribution in [0.1, 0.15) is 37.2 Å². The van der Waals surface area contributed by atoms with Crippen molar-refractivity contribution in [3.05, 3.63) is 17.6 Å². The third-order valence-electron chi connectivity index (χ3n) is 4.86. The maximum Gasteiger partial charge on any atom is 0.129 e. The Morgan fingerprint density at radius 3 is 2.78 bits per heavy atom. The van der Waals surface area contributed by atoms with Crippen LogP contribution in [-0.4, -0.2) is 66.8 Å². The highest BCUT2D eigenvalue weighted by molar-refractivity contribution is 5.37. The number of anilines is 1. The summed E-state index contributed by atoms with van der Waals surface area (Å²) in [6.07, 6.45) is 2.33. The monoisotopic (exact) mass is 319 g/mol. The second kappa shape index (κ2) is 8.04. The van der Waals surface area contributed by atoms with E-state index >= 15 is 0 Å². The van der Waals surface area contributed by atoms with Crippen molar-refractivity contribution in [2.45, 2.75) is 38.6 Å². The van der Waals surface area contributed by atoms with Gasteiger partial charge in [0, 0.05) is 43.4 Å². The Hall–Kier alpha value is -1.24. The molecule has 0 amide bonds. The Bertz CT molecular complexity index is 498. The van der Waals surface area contributed by atoms with Gasteiger partial charge in [0.2, 0.25) is 0 Å². The van der Waals surface area contributed by atoms with E-state index in [0.29, 0.717) is 12.0 Å². The maximum atomic E-state index is 5.42. The Balaban J connectivity index is 1.59. The van der Waals surface area contributed by atoms with Gasteiger partial charge in [-0.1, -0.05) is 0 Å². The molecule has 0 bridgehead atoms. The zero-order chi connectivity index (χ0) is 16.1. The number of nitrogens with zero attached hydrogens (tertiary/aromatic N) is 3. The van der Waals surface area contributed by atoms with Gasteiger partial charge in [-0.25, -0.2) is 9.97 Å². The zero-order valence-electron chi connectivity index (χ0n) is 14.3. The zero-order valence-corrected chi connectivity index (χ0v) is 14.3. The van der Waals surface area contributed by atoms with Crippen LogP contribution in [0.2, 0.25) is 0 Å². The number of hydrogen-bond donors (Lipinski definition) is 2. The first-order valence-corrected chi connectivity index (χ1v) is 8.84. The van der Waals surface area contributed by atoms with Crippen molar-refractivity contribution in [3.63, 3.8) is 0 Å². The number of morpholine rings is 1. The molecule has 3 heterocycles. The molecule has 0 radical (unpaired) electrons. The van der Waals surface area contributed by atoms with E-state index in [1.807, 2.05) is 6.92 Å². The molecule has 1 aromatic rings. The molecule has 2 saturated heterocycles. The van der Waals surface area contributed by atoms with Crippen LogP contribution in [0.25, 0.3) is 0 Å². The molecular weight excluding hydrogens is 290 g/mol. The van der Waals surface area contributed by atoms with E-state index in [1.54, 1.807) is 0 Å². The van der Waals surface area contributed by atoms with Gasteiger partial charge >= 0.3 is 0 Å². The van der Waals surface area contributed by atoms with Crippen LogP contribution >= 0.6 is 0 Å². The molecule has 1 aromatic heterocycles. The molecule has 2 aliphatic heterocycles. The van der Waals surface area contributed by atoms with Crippen LogP contribution < -0.4 is 10.6 Å². The second-order valence-electron chi connectivity index (χ2n) is 6.63. The fourth-order valence-electron chi connectivity index (χ4n) is 3.41. The summed E-state index contributed by atoms with van der Waals surface area (Å²) < 4.78 is 5.42. The van der Waals surface area contributed by atoms with Gasteiger partial charge in [0.05, 0.1) is 13.2 Å². The summed E-state index contributed by atoms with van der Waals surface area (Å²) >= 11 is 0. The lowest BCUT2D eigenvalue weighted by molar-refractivity contribution is 0.0227. The number of nitrogens with one attached hydrogen (secondary N) is 2. The predicted octanol–water partition coefficient (Wildman–Crippen LogP) is 1.38. The second-order valence-corrected chi connectivity index (χ2v) is 6.63. The van der Waals surface area contributed by atoms with Gasteiger partial charge in [0.1, 0.15) is 11.6 Å². The van der Waals surface area contributed by atoms with Crippen LogP contribution in [0.15, 0.2) is 6.07 Å². The molecule has 128 valence electrons. The van der Waals surface area contributed by atoms with Crippen LogP contribution in [-0.2, 0) is 4.74 Å². The number of aromatic nitrogens is 2. The Kier molecular flexibility index (Phi) is 5.80. The highest BCUT2D eigenvalue weighted by Gasteiger charge is 2.19. The molecule has 3 rings (SSSR count). The van der Waals surface area contributed by atoms with Crippen molar-refractivity contribution in [3.8, 4) is 0 Å². The van der Waals surface area contributed by atoms with Crippen molar-refractivity contribution < 1.29 is 4.74 Å².